The fourth-order valence-corrected chi connectivity index (χ4v) is 10.7. The Morgan fingerprint density at radius 3 is 1.01 bits per heavy atom. The summed E-state index contributed by atoms with van der Waals surface area (Å²) in [5.41, 5.74) is 0. The highest BCUT2D eigenvalue weighted by Crippen LogP contribution is 2.18. The first-order valence-corrected chi connectivity index (χ1v) is 34.3. The van der Waals surface area contributed by atoms with Crippen LogP contribution in [0.5, 0.6) is 0 Å². The molecule has 0 aromatic heterocycles. The lowest BCUT2D eigenvalue weighted by molar-refractivity contribution is -0.143. The zero-order valence-electron chi connectivity index (χ0n) is 51.3. The average molecular weight is 1070 g/mol. The highest BCUT2D eigenvalue weighted by Gasteiger charge is 2.20. The van der Waals surface area contributed by atoms with E-state index in [4.69, 9.17) is 4.74 Å². The lowest BCUT2D eigenvalue weighted by atomic mass is 10.0. The molecule has 1 amide bonds. The maximum Gasteiger partial charge on any atom is 0.305 e. The Balaban J connectivity index is 3.46. The first-order chi connectivity index (χ1) is 37.5. The number of amides is 1. The number of hydrogen-bond acceptors (Lipinski definition) is 5. The van der Waals surface area contributed by atoms with Crippen LogP contribution >= 0.6 is 0 Å². The molecule has 0 fully saturated rings. The van der Waals surface area contributed by atoms with E-state index in [1.165, 1.54) is 270 Å². The van der Waals surface area contributed by atoms with Gasteiger partial charge in [-0.05, 0) is 83.5 Å². The van der Waals surface area contributed by atoms with Crippen molar-refractivity contribution >= 4 is 11.9 Å². The molecule has 0 rings (SSSR count). The molecule has 0 spiro atoms. The topological polar surface area (TPSA) is 95.9 Å². The Morgan fingerprint density at radius 1 is 0.368 bits per heavy atom. The van der Waals surface area contributed by atoms with Crippen molar-refractivity contribution in [2.45, 2.75) is 386 Å². The number of aliphatic hydroxyl groups is 2. The van der Waals surface area contributed by atoms with Gasteiger partial charge >= 0.3 is 5.97 Å². The second-order valence-electron chi connectivity index (χ2n) is 23.5. The van der Waals surface area contributed by atoms with Crippen molar-refractivity contribution < 1.29 is 24.5 Å². The standard InChI is InChI=1S/C70H133NO5/c1-3-5-7-9-11-13-15-17-19-21-22-23-24-25-27-31-34-38-42-46-50-54-58-62-68(73)67(66-72)71-69(74)63-59-55-51-47-43-39-35-32-28-26-29-33-37-41-45-49-53-57-61-65-76-70(75)64-60-56-52-48-44-40-36-30-20-18-16-14-12-10-8-6-4-2/h18,20,33,37,41,45,67-68,72-73H,3-17,19,21-32,34-36,38-40,42-44,46-66H2,1-2H3,(H,71,74)/b20-18-,37-33-,45-41-. The van der Waals surface area contributed by atoms with Crippen LogP contribution in [0.15, 0.2) is 36.5 Å². The third-order valence-electron chi connectivity index (χ3n) is 15.9. The first-order valence-electron chi connectivity index (χ1n) is 34.3. The summed E-state index contributed by atoms with van der Waals surface area (Å²) in [5.74, 6) is -0.0572. The normalized spacial score (nSPS) is 12.7. The van der Waals surface area contributed by atoms with Crippen LogP contribution in [0, 0.1) is 0 Å². The third kappa shape index (κ3) is 61.3. The number of carbonyl (C=O) groups is 2. The van der Waals surface area contributed by atoms with Gasteiger partial charge in [-0.2, -0.15) is 0 Å². The molecule has 0 saturated heterocycles. The molecule has 0 aliphatic rings. The van der Waals surface area contributed by atoms with Gasteiger partial charge in [-0.25, -0.2) is 0 Å². The molecule has 6 nitrogen and oxygen atoms in total. The quantitative estimate of drug-likeness (QED) is 0.0244. The minimum absolute atomic E-state index is 0.0159. The Kier molecular flexibility index (Phi) is 63.9. The van der Waals surface area contributed by atoms with Gasteiger partial charge in [-0.3, -0.25) is 9.59 Å². The maximum atomic E-state index is 12.5. The van der Waals surface area contributed by atoms with Gasteiger partial charge in [0.1, 0.15) is 0 Å². The Bertz CT molecular complexity index is 1230. The molecule has 0 aromatic carbocycles. The molecule has 2 unspecified atom stereocenters. The van der Waals surface area contributed by atoms with Crippen molar-refractivity contribution in [3.05, 3.63) is 36.5 Å². The molecule has 0 radical (unpaired) electrons. The molecule has 0 bridgehead atoms. The van der Waals surface area contributed by atoms with E-state index < -0.39 is 12.1 Å². The van der Waals surface area contributed by atoms with E-state index in [0.717, 1.165) is 70.6 Å². The van der Waals surface area contributed by atoms with Crippen molar-refractivity contribution in [3.8, 4) is 0 Å². The molecule has 2 atom stereocenters. The summed E-state index contributed by atoms with van der Waals surface area (Å²) in [7, 11) is 0. The van der Waals surface area contributed by atoms with E-state index in [1.807, 2.05) is 0 Å². The molecule has 0 saturated carbocycles. The predicted molar refractivity (Wildman–Crippen MR) is 333 cm³/mol. The van der Waals surface area contributed by atoms with E-state index in [9.17, 15) is 19.8 Å². The fourth-order valence-electron chi connectivity index (χ4n) is 10.7. The number of nitrogens with one attached hydrogen (secondary N) is 1. The molecule has 0 heterocycles. The van der Waals surface area contributed by atoms with Gasteiger partial charge in [0.05, 0.1) is 25.4 Å². The summed E-state index contributed by atoms with van der Waals surface area (Å²) >= 11 is 0. The summed E-state index contributed by atoms with van der Waals surface area (Å²) in [6, 6.07) is -0.551. The van der Waals surface area contributed by atoms with Gasteiger partial charge in [0.2, 0.25) is 5.91 Å². The fraction of sp³-hybridized carbons (Fsp3) is 0.886. The van der Waals surface area contributed by atoms with Gasteiger partial charge in [-0.15, -0.1) is 0 Å². The zero-order chi connectivity index (χ0) is 55.0. The lowest BCUT2D eigenvalue weighted by Crippen LogP contribution is -2.45. The van der Waals surface area contributed by atoms with Crippen LogP contribution < -0.4 is 5.32 Å². The summed E-state index contributed by atoms with van der Waals surface area (Å²) in [6.07, 6.45) is 83.2. The highest BCUT2D eigenvalue weighted by atomic mass is 16.5. The number of allylic oxidation sites excluding steroid dienone is 6. The SMILES string of the molecule is CCCCCCCC/C=C\CCCCCCCCCC(=O)OCCCCC/C=C\C=C/CCCCCCCCCCCCC(=O)NC(CO)C(O)CCCCCCCCCCCCCCCCCCCCCCCCC. The van der Waals surface area contributed by atoms with E-state index in [1.54, 1.807) is 0 Å². The monoisotopic (exact) mass is 1070 g/mol. The summed E-state index contributed by atoms with van der Waals surface area (Å²) < 4.78 is 5.47. The summed E-state index contributed by atoms with van der Waals surface area (Å²) in [5, 5.41) is 23.4. The minimum Gasteiger partial charge on any atom is -0.466 e. The Labute approximate surface area is 474 Å². The molecule has 0 aliphatic carbocycles. The number of ether oxygens (including phenoxy) is 1. The number of rotatable bonds is 64. The van der Waals surface area contributed by atoms with Gasteiger partial charge in [0.15, 0.2) is 0 Å². The average Bonchev–Trinajstić information content (AvgIpc) is 3.42. The van der Waals surface area contributed by atoms with Crippen LogP contribution in [0.2, 0.25) is 0 Å². The maximum absolute atomic E-state index is 12.5. The van der Waals surface area contributed by atoms with Crippen LogP contribution in [0.4, 0.5) is 0 Å². The molecule has 6 heteroatoms. The van der Waals surface area contributed by atoms with Crippen molar-refractivity contribution in [1.29, 1.82) is 0 Å². The van der Waals surface area contributed by atoms with Crippen LogP contribution in [0.1, 0.15) is 373 Å². The molecule has 0 aliphatic heterocycles. The van der Waals surface area contributed by atoms with E-state index in [2.05, 4.69) is 55.6 Å². The Morgan fingerprint density at radius 2 is 0.658 bits per heavy atom. The lowest BCUT2D eigenvalue weighted by Gasteiger charge is -2.22. The molecule has 0 aromatic rings. The number of unbranched alkanes of at least 4 members (excludes halogenated alkanes) is 48. The highest BCUT2D eigenvalue weighted by molar-refractivity contribution is 5.76. The van der Waals surface area contributed by atoms with E-state index >= 15 is 0 Å². The molecule has 76 heavy (non-hydrogen) atoms. The summed E-state index contributed by atoms with van der Waals surface area (Å²) in [6.45, 7) is 4.94. The van der Waals surface area contributed by atoms with Crippen molar-refractivity contribution in [2.24, 2.45) is 0 Å². The van der Waals surface area contributed by atoms with E-state index in [-0.39, 0.29) is 18.5 Å². The molecular formula is C70H133NO5. The second kappa shape index (κ2) is 65.6. The number of hydrogen-bond donors (Lipinski definition) is 3. The van der Waals surface area contributed by atoms with Crippen LogP contribution in [-0.2, 0) is 14.3 Å². The number of esters is 1. The molecule has 448 valence electrons. The van der Waals surface area contributed by atoms with Crippen LogP contribution in [0.25, 0.3) is 0 Å². The van der Waals surface area contributed by atoms with Gasteiger partial charge in [0.25, 0.3) is 0 Å². The molecule has 3 N–H and O–H groups in total. The van der Waals surface area contributed by atoms with Crippen LogP contribution in [-0.4, -0.2) is 47.4 Å². The minimum atomic E-state index is -0.673. The third-order valence-corrected chi connectivity index (χ3v) is 15.9. The predicted octanol–water partition coefficient (Wildman–Crippen LogP) is 21.9. The Hall–Kier alpha value is -1.92. The first kappa shape index (κ1) is 74.1. The van der Waals surface area contributed by atoms with Gasteiger partial charge in [-0.1, -0.05) is 314 Å². The largest absolute Gasteiger partial charge is 0.466 e. The van der Waals surface area contributed by atoms with Crippen molar-refractivity contribution in [3.63, 3.8) is 0 Å². The molecular weight excluding hydrogens is 935 g/mol. The van der Waals surface area contributed by atoms with Crippen molar-refractivity contribution in [1.82, 2.24) is 5.32 Å². The number of carbonyl (C=O) groups excluding carboxylic acids is 2. The smallest absolute Gasteiger partial charge is 0.305 e. The van der Waals surface area contributed by atoms with Gasteiger partial charge < -0.3 is 20.3 Å². The van der Waals surface area contributed by atoms with E-state index in [0.29, 0.717) is 25.9 Å². The van der Waals surface area contributed by atoms with Crippen molar-refractivity contribution in [2.75, 3.05) is 13.2 Å². The second-order valence-corrected chi connectivity index (χ2v) is 23.5. The van der Waals surface area contributed by atoms with Crippen LogP contribution in [0.3, 0.4) is 0 Å². The zero-order valence-corrected chi connectivity index (χ0v) is 51.3. The van der Waals surface area contributed by atoms with Gasteiger partial charge in [0, 0.05) is 12.8 Å². The summed E-state index contributed by atoms with van der Waals surface area (Å²) in [4.78, 5) is 24.6. The number of aliphatic hydroxyl groups excluding tert-OH is 2.